The first kappa shape index (κ1) is 27.6. The molecule has 0 spiro atoms. The molecule has 0 aromatic carbocycles. The van der Waals surface area contributed by atoms with E-state index in [1.54, 1.807) is 14.9 Å². The van der Waals surface area contributed by atoms with Crippen LogP contribution in [0.4, 0.5) is 38.0 Å². The molecule has 0 radical (unpaired) electrons. The average molecular weight is 551 g/mol. The number of hydrogen-bond donors (Lipinski definition) is 2. The molecule has 0 aliphatic carbocycles. The third-order valence-electron chi connectivity index (χ3n) is 5.96. The maximum absolute atomic E-state index is 13.2. The molecule has 2 aliphatic rings. The van der Waals surface area contributed by atoms with Gasteiger partial charge < -0.3 is 24.6 Å². The van der Waals surface area contributed by atoms with Gasteiger partial charge in [-0.2, -0.15) is 31.4 Å². The second-order valence-corrected chi connectivity index (χ2v) is 8.79. The van der Waals surface area contributed by atoms with Crippen molar-refractivity contribution in [2.75, 3.05) is 49.7 Å². The van der Waals surface area contributed by atoms with Crippen LogP contribution in [0, 0.1) is 0 Å². The quantitative estimate of drug-likeness (QED) is 0.493. The zero-order valence-electron chi connectivity index (χ0n) is 19.8. The van der Waals surface area contributed by atoms with Gasteiger partial charge in [-0.3, -0.25) is 9.59 Å². The Hall–Kier alpha value is -3.47. The maximum Gasteiger partial charge on any atom is 0.423 e. The number of fused-ring (bicyclic) bond motifs is 1. The second-order valence-electron chi connectivity index (χ2n) is 8.79. The predicted octanol–water partition coefficient (Wildman–Crippen LogP) is 1.53. The Bertz CT molecular complexity index is 1190. The number of halogens is 6. The summed E-state index contributed by atoms with van der Waals surface area (Å²) >= 11 is 0. The molecule has 2 aliphatic heterocycles. The molecule has 1 amide bonds. The Morgan fingerprint density at radius 1 is 1.13 bits per heavy atom. The standard InChI is InChI=1S/C21H23F6N7O4/c1-11(31-14-6-30-32-17(35)16(14)21(25,26)27)8-37-10-15-18(36)34-3-2-33(7-13(34)9-38-15)19-28-4-12(5-29-19)20(22,23)24/h4-6,11,13,15H,2-3,7-10H2,1H3,(H2,31,32,35)/t11-,13?,15+/m0/s1. The van der Waals surface area contributed by atoms with Crippen molar-refractivity contribution in [2.45, 2.75) is 37.5 Å². The van der Waals surface area contributed by atoms with Gasteiger partial charge in [0.1, 0.15) is 5.56 Å². The fraction of sp³-hybridized carbons (Fsp3) is 0.571. The van der Waals surface area contributed by atoms with Crippen molar-refractivity contribution >= 4 is 17.5 Å². The summed E-state index contributed by atoms with van der Waals surface area (Å²) in [7, 11) is 0. The smallest absolute Gasteiger partial charge is 0.378 e. The molecule has 2 aromatic rings. The van der Waals surface area contributed by atoms with Crippen molar-refractivity contribution in [2.24, 2.45) is 0 Å². The van der Waals surface area contributed by atoms with E-state index >= 15 is 0 Å². The van der Waals surface area contributed by atoms with Gasteiger partial charge in [0, 0.05) is 38.1 Å². The van der Waals surface area contributed by atoms with Gasteiger partial charge in [0.2, 0.25) is 5.95 Å². The van der Waals surface area contributed by atoms with Crippen LogP contribution in [0.25, 0.3) is 0 Å². The molecule has 0 saturated carbocycles. The van der Waals surface area contributed by atoms with Crippen LogP contribution in [0.15, 0.2) is 23.4 Å². The number of anilines is 2. The Kier molecular flexibility index (Phi) is 7.78. The lowest BCUT2D eigenvalue weighted by atomic mass is 10.1. The van der Waals surface area contributed by atoms with Crippen LogP contribution in [0.1, 0.15) is 18.1 Å². The van der Waals surface area contributed by atoms with Gasteiger partial charge in [-0.1, -0.05) is 0 Å². The SMILES string of the molecule is C[C@@H](COC[C@H]1OCC2CN(c3ncc(C(F)(F)F)cn3)CCN2C1=O)Nc1cn[nH]c(=O)c1C(F)(F)F. The first-order valence-corrected chi connectivity index (χ1v) is 11.4. The zero-order chi connectivity index (χ0) is 27.7. The minimum Gasteiger partial charge on any atom is -0.378 e. The molecule has 11 nitrogen and oxygen atoms in total. The van der Waals surface area contributed by atoms with E-state index in [1.807, 2.05) is 0 Å². The highest BCUT2D eigenvalue weighted by Gasteiger charge is 2.41. The molecule has 2 fully saturated rings. The monoisotopic (exact) mass is 551 g/mol. The average Bonchev–Trinajstić information content (AvgIpc) is 2.84. The molecular formula is C21H23F6N7O4. The molecule has 17 heteroatoms. The van der Waals surface area contributed by atoms with E-state index in [1.165, 1.54) is 6.92 Å². The summed E-state index contributed by atoms with van der Waals surface area (Å²) in [6, 6.07) is -1.04. The minimum atomic E-state index is -4.89. The van der Waals surface area contributed by atoms with Crippen molar-refractivity contribution in [1.82, 2.24) is 25.1 Å². The topological polar surface area (TPSA) is 126 Å². The first-order valence-electron chi connectivity index (χ1n) is 11.4. The molecule has 4 heterocycles. The van der Waals surface area contributed by atoms with Crippen LogP contribution in [-0.2, 0) is 26.6 Å². The Balaban J connectivity index is 1.27. The highest BCUT2D eigenvalue weighted by molar-refractivity contribution is 5.82. The third kappa shape index (κ3) is 6.15. The number of aromatic nitrogens is 4. The molecule has 4 rings (SSSR count). The number of amides is 1. The van der Waals surface area contributed by atoms with Gasteiger partial charge in [0.05, 0.1) is 43.3 Å². The van der Waals surface area contributed by atoms with Gasteiger partial charge in [0.25, 0.3) is 11.5 Å². The van der Waals surface area contributed by atoms with Crippen molar-refractivity contribution in [3.8, 4) is 0 Å². The fourth-order valence-electron chi connectivity index (χ4n) is 4.15. The summed E-state index contributed by atoms with van der Waals surface area (Å²) in [5.41, 5.74) is -4.24. The third-order valence-corrected chi connectivity index (χ3v) is 5.96. The highest BCUT2D eigenvalue weighted by atomic mass is 19.4. The molecule has 3 atom stereocenters. The summed E-state index contributed by atoms with van der Waals surface area (Å²) in [5, 5.41) is 7.67. The van der Waals surface area contributed by atoms with Crippen LogP contribution in [0.3, 0.4) is 0 Å². The van der Waals surface area contributed by atoms with Crippen molar-refractivity contribution < 1.29 is 40.6 Å². The lowest BCUT2D eigenvalue weighted by Gasteiger charge is -2.45. The number of alkyl halides is 6. The second kappa shape index (κ2) is 10.7. The van der Waals surface area contributed by atoms with Crippen LogP contribution in [-0.4, -0.2) is 88.6 Å². The molecule has 2 N–H and O–H groups in total. The number of piperazine rings is 1. The van der Waals surface area contributed by atoms with Crippen LogP contribution >= 0.6 is 0 Å². The number of morpholine rings is 1. The normalized spacial score (nSPS) is 21.3. The number of carbonyl (C=O) groups is 1. The van der Waals surface area contributed by atoms with E-state index in [-0.39, 0.29) is 50.8 Å². The summed E-state index contributed by atoms with van der Waals surface area (Å²) in [6.45, 7) is 2.24. The molecule has 38 heavy (non-hydrogen) atoms. The van der Waals surface area contributed by atoms with Crippen LogP contribution in [0.5, 0.6) is 0 Å². The number of H-pyrrole nitrogens is 1. The lowest BCUT2D eigenvalue weighted by molar-refractivity contribution is -0.165. The van der Waals surface area contributed by atoms with Crippen molar-refractivity contribution in [1.29, 1.82) is 0 Å². The first-order chi connectivity index (χ1) is 17.8. The van der Waals surface area contributed by atoms with E-state index in [9.17, 15) is 35.9 Å². The molecular weight excluding hydrogens is 528 g/mol. The van der Waals surface area contributed by atoms with E-state index in [4.69, 9.17) is 9.47 Å². The molecule has 1 unspecified atom stereocenters. The van der Waals surface area contributed by atoms with E-state index in [2.05, 4.69) is 20.4 Å². The number of carbonyl (C=O) groups excluding carboxylic acids is 1. The minimum absolute atomic E-state index is 0.0975. The maximum atomic E-state index is 13.2. The van der Waals surface area contributed by atoms with Crippen molar-refractivity contribution in [3.63, 3.8) is 0 Å². The van der Waals surface area contributed by atoms with Crippen molar-refractivity contribution in [3.05, 3.63) is 40.1 Å². The van der Waals surface area contributed by atoms with E-state index < -0.39 is 46.9 Å². The molecule has 208 valence electrons. The largest absolute Gasteiger partial charge is 0.423 e. The van der Waals surface area contributed by atoms with Gasteiger partial charge in [-0.15, -0.1) is 0 Å². The lowest BCUT2D eigenvalue weighted by Crippen LogP contribution is -2.63. The predicted molar refractivity (Wildman–Crippen MR) is 118 cm³/mol. The van der Waals surface area contributed by atoms with Gasteiger partial charge in [0.15, 0.2) is 6.10 Å². The number of ether oxygens (including phenoxy) is 2. The summed E-state index contributed by atoms with van der Waals surface area (Å²) in [6.07, 6.45) is -8.10. The van der Waals surface area contributed by atoms with Gasteiger partial charge in [-0.25, -0.2) is 15.1 Å². The molecule has 0 bridgehead atoms. The van der Waals surface area contributed by atoms with Gasteiger partial charge in [-0.05, 0) is 6.92 Å². The highest BCUT2D eigenvalue weighted by Crippen LogP contribution is 2.32. The Labute approximate surface area is 211 Å². The number of rotatable bonds is 7. The van der Waals surface area contributed by atoms with Crippen LogP contribution in [0.2, 0.25) is 0 Å². The number of nitrogens with one attached hydrogen (secondary N) is 2. The fourth-order valence-corrected chi connectivity index (χ4v) is 4.15. The van der Waals surface area contributed by atoms with E-state index in [0.29, 0.717) is 18.9 Å². The number of hydrogen-bond acceptors (Lipinski definition) is 9. The van der Waals surface area contributed by atoms with Crippen LogP contribution < -0.4 is 15.8 Å². The molecule has 2 saturated heterocycles. The number of nitrogens with zero attached hydrogens (tertiary/aromatic N) is 5. The summed E-state index contributed by atoms with van der Waals surface area (Å²) < 4.78 is 88.9. The Morgan fingerprint density at radius 2 is 1.84 bits per heavy atom. The number of aromatic amines is 1. The zero-order valence-corrected chi connectivity index (χ0v) is 19.8. The van der Waals surface area contributed by atoms with Gasteiger partial charge >= 0.3 is 12.4 Å². The molecule has 2 aromatic heterocycles. The summed E-state index contributed by atoms with van der Waals surface area (Å²) in [4.78, 5) is 35.3. The van der Waals surface area contributed by atoms with E-state index in [0.717, 1.165) is 6.20 Å². The summed E-state index contributed by atoms with van der Waals surface area (Å²) in [5.74, 6) is -0.227. The Morgan fingerprint density at radius 3 is 2.50 bits per heavy atom.